The molecule has 32 heavy (non-hydrogen) atoms. The minimum absolute atomic E-state index is 0.0342. The Hall–Kier alpha value is -2.49. The third kappa shape index (κ3) is 8.94. The zero-order valence-electron chi connectivity index (χ0n) is 16.7. The van der Waals surface area contributed by atoms with E-state index in [0.29, 0.717) is 21.4 Å². The van der Waals surface area contributed by atoms with Crippen LogP contribution in [0.3, 0.4) is 0 Å². The van der Waals surface area contributed by atoms with Crippen molar-refractivity contribution in [2.75, 3.05) is 13.2 Å². The van der Waals surface area contributed by atoms with Crippen LogP contribution in [0.4, 0.5) is 13.2 Å². The number of rotatable bonds is 10. The van der Waals surface area contributed by atoms with Gasteiger partial charge in [-0.25, -0.2) is 0 Å². The summed E-state index contributed by atoms with van der Waals surface area (Å²) >= 11 is 11.6. The Bertz CT molecular complexity index is 924. The molecule has 0 bridgehead atoms. The first-order valence-corrected chi connectivity index (χ1v) is 10.3. The molecule has 0 aliphatic carbocycles. The number of amides is 2. The van der Waals surface area contributed by atoms with Crippen LogP contribution in [0.25, 0.3) is 0 Å². The van der Waals surface area contributed by atoms with Crippen LogP contribution in [0.5, 0.6) is 5.75 Å². The molecule has 0 spiro atoms. The Balaban J connectivity index is 1.62. The van der Waals surface area contributed by atoms with Crippen molar-refractivity contribution in [1.82, 2.24) is 10.6 Å². The van der Waals surface area contributed by atoms with Gasteiger partial charge in [-0.05, 0) is 36.2 Å². The van der Waals surface area contributed by atoms with E-state index in [1.165, 1.54) is 24.3 Å². The van der Waals surface area contributed by atoms with E-state index in [9.17, 15) is 27.9 Å². The molecule has 6 nitrogen and oxygen atoms in total. The summed E-state index contributed by atoms with van der Waals surface area (Å²) in [6, 6.07) is 8.99. The summed E-state index contributed by atoms with van der Waals surface area (Å²) in [5.41, 5.74) is -0.275. The fraction of sp³-hybridized carbons (Fsp3) is 0.333. The zero-order valence-corrected chi connectivity index (χ0v) is 18.2. The van der Waals surface area contributed by atoms with Gasteiger partial charge in [0.15, 0.2) is 6.61 Å². The van der Waals surface area contributed by atoms with Crippen molar-refractivity contribution in [3.63, 3.8) is 0 Å². The smallest absolute Gasteiger partial charge is 0.416 e. The maximum atomic E-state index is 12.5. The number of carbonyl (C=O) groups is 2. The van der Waals surface area contributed by atoms with E-state index < -0.39 is 29.7 Å². The topological polar surface area (TPSA) is 87.7 Å². The largest absolute Gasteiger partial charge is 0.484 e. The molecule has 2 rings (SSSR count). The molecule has 0 saturated heterocycles. The number of nitrogens with one attached hydrogen (secondary N) is 2. The average Bonchev–Trinajstić information content (AvgIpc) is 2.72. The van der Waals surface area contributed by atoms with Gasteiger partial charge in [0, 0.05) is 19.2 Å². The first-order valence-electron chi connectivity index (χ1n) is 9.50. The number of ether oxygens (including phenoxy) is 1. The lowest BCUT2D eigenvalue weighted by Crippen LogP contribution is -2.33. The summed E-state index contributed by atoms with van der Waals surface area (Å²) in [6.45, 7) is -0.106. The van der Waals surface area contributed by atoms with Crippen molar-refractivity contribution in [3.05, 3.63) is 63.6 Å². The van der Waals surface area contributed by atoms with Crippen molar-refractivity contribution in [2.24, 2.45) is 0 Å². The van der Waals surface area contributed by atoms with E-state index >= 15 is 0 Å². The molecular formula is C21H21Cl2F3N2O4. The lowest BCUT2D eigenvalue weighted by atomic mass is 10.1. The number of halogens is 5. The van der Waals surface area contributed by atoms with Gasteiger partial charge in [0.2, 0.25) is 5.91 Å². The molecule has 0 fully saturated rings. The molecule has 0 unspecified atom stereocenters. The van der Waals surface area contributed by atoms with Crippen LogP contribution in [0.2, 0.25) is 10.0 Å². The molecule has 0 radical (unpaired) electrons. The van der Waals surface area contributed by atoms with Crippen molar-refractivity contribution in [2.45, 2.75) is 31.7 Å². The third-order valence-corrected chi connectivity index (χ3v) is 4.99. The summed E-state index contributed by atoms with van der Waals surface area (Å²) in [5, 5.41) is 15.7. The Morgan fingerprint density at radius 1 is 1.00 bits per heavy atom. The molecule has 2 aromatic rings. The summed E-state index contributed by atoms with van der Waals surface area (Å²) in [5.74, 6) is -0.513. The highest BCUT2D eigenvalue weighted by molar-refractivity contribution is 6.42. The first kappa shape index (κ1) is 25.8. The van der Waals surface area contributed by atoms with E-state index in [0.717, 1.165) is 12.1 Å². The van der Waals surface area contributed by atoms with Gasteiger partial charge in [0.05, 0.1) is 28.1 Å². The lowest BCUT2D eigenvalue weighted by molar-refractivity contribution is -0.137. The van der Waals surface area contributed by atoms with Crippen LogP contribution < -0.4 is 15.4 Å². The Kier molecular flexibility index (Phi) is 9.61. The SMILES string of the molecule is O=C(COc1ccc(Cl)c(Cl)c1)NCC[C@@H](O)CC(=O)NCc1ccc(C(F)(F)F)cc1. The van der Waals surface area contributed by atoms with Crippen molar-refractivity contribution in [3.8, 4) is 5.75 Å². The lowest BCUT2D eigenvalue weighted by Gasteiger charge is -2.12. The van der Waals surface area contributed by atoms with Crippen LogP contribution in [0, 0.1) is 0 Å². The molecule has 2 amide bonds. The zero-order chi connectivity index (χ0) is 23.7. The predicted molar refractivity (Wildman–Crippen MR) is 113 cm³/mol. The van der Waals surface area contributed by atoms with Crippen LogP contribution in [0.15, 0.2) is 42.5 Å². The molecule has 0 heterocycles. The van der Waals surface area contributed by atoms with Gasteiger partial charge >= 0.3 is 6.18 Å². The molecule has 0 aliphatic heterocycles. The second-order valence-corrected chi connectivity index (χ2v) is 7.65. The van der Waals surface area contributed by atoms with Gasteiger partial charge in [0.25, 0.3) is 5.91 Å². The van der Waals surface area contributed by atoms with Gasteiger partial charge in [0.1, 0.15) is 5.75 Å². The summed E-state index contributed by atoms with van der Waals surface area (Å²) in [4.78, 5) is 23.7. The highest BCUT2D eigenvalue weighted by atomic mass is 35.5. The van der Waals surface area contributed by atoms with Crippen LogP contribution in [0.1, 0.15) is 24.0 Å². The van der Waals surface area contributed by atoms with Crippen LogP contribution >= 0.6 is 23.2 Å². The van der Waals surface area contributed by atoms with Gasteiger partial charge in [-0.3, -0.25) is 9.59 Å². The second-order valence-electron chi connectivity index (χ2n) is 6.83. The van der Waals surface area contributed by atoms with E-state index in [1.807, 2.05) is 0 Å². The van der Waals surface area contributed by atoms with Gasteiger partial charge in [-0.15, -0.1) is 0 Å². The number of benzene rings is 2. The van der Waals surface area contributed by atoms with Crippen molar-refractivity contribution in [1.29, 1.82) is 0 Å². The van der Waals surface area contributed by atoms with Gasteiger partial charge in [-0.1, -0.05) is 35.3 Å². The number of hydrogen-bond donors (Lipinski definition) is 3. The Morgan fingerprint density at radius 2 is 1.69 bits per heavy atom. The van der Waals surface area contributed by atoms with E-state index in [-0.39, 0.29) is 32.5 Å². The number of aliphatic hydroxyl groups excluding tert-OH is 1. The normalized spacial score (nSPS) is 12.2. The molecule has 1 atom stereocenters. The average molecular weight is 493 g/mol. The molecule has 0 aromatic heterocycles. The highest BCUT2D eigenvalue weighted by Gasteiger charge is 2.29. The minimum Gasteiger partial charge on any atom is -0.484 e. The number of hydrogen-bond acceptors (Lipinski definition) is 4. The highest BCUT2D eigenvalue weighted by Crippen LogP contribution is 2.29. The van der Waals surface area contributed by atoms with E-state index in [1.54, 1.807) is 6.07 Å². The molecule has 3 N–H and O–H groups in total. The third-order valence-electron chi connectivity index (χ3n) is 4.25. The molecule has 11 heteroatoms. The standard InChI is InChI=1S/C21H21Cl2F3N2O4/c22-17-6-5-16(10-18(17)23)32-12-20(31)27-8-7-15(29)9-19(30)28-11-13-1-3-14(4-2-13)21(24,25)26/h1-6,10,15,29H,7-9,11-12H2,(H,27,31)(H,28,30)/t15-/m1/s1. The van der Waals surface area contributed by atoms with Crippen LogP contribution in [-0.2, 0) is 22.3 Å². The van der Waals surface area contributed by atoms with Gasteiger partial charge < -0.3 is 20.5 Å². The predicted octanol–water partition coefficient (Wildman–Crippen LogP) is 3.96. The van der Waals surface area contributed by atoms with Crippen LogP contribution in [-0.4, -0.2) is 36.2 Å². The van der Waals surface area contributed by atoms with Crippen molar-refractivity contribution >= 4 is 35.0 Å². The molecule has 0 saturated carbocycles. The number of carbonyl (C=O) groups excluding carboxylic acids is 2. The fourth-order valence-electron chi connectivity index (χ4n) is 2.55. The molecule has 0 aliphatic rings. The van der Waals surface area contributed by atoms with Gasteiger partial charge in [-0.2, -0.15) is 13.2 Å². The summed E-state index contributed by atoms with van der Waals surface area (Å²) in [6.07, 6.45) is -5.50. The van der Waals surface area contributed by atoms with E-state index in [2.05, 4.69) is 10.6 Å². The monoisotopic (exact) mass is 492 g/mol. The molecular weight excluding hydrogens is 472 g/mol. The summed E-state index contributed by atoms with van der Waals surface area (Å²) in [7, 11) is 0. The maximum Gasteiger partial charge on any atom is 0.416 e. The van der Waals surface area contributed by atoms with E-state index in [4.69, 9.17) is 27.9 Å². The minimum atomic E-state index is -4.42. The summed E-state index contributed by atoms with van der Waals surface area (Å²) < 4.78 is 42.9. The maximum absolute atomic E-state index is 12.5. The molecule has 2 aromatic carbocycles. The Morgan fingerprint density at radius 3 is 2.31 bits per heavy atom. The Labute approximate surface area is 192 Å². The first-order chi connectivity index (χ1) is 15.0. The second kappa shape index (κ2) is 11.9. The molecule has 174 valence electrons. The fourth-order valence-corrected chi connectivity index (χ4v) is 2.83. The number of aliphatic hydroxyl groups is 1. The quantitative estimate of drug-likeness (QED) is 0.468. The number of alkyl halides is 3. The van der Waals surface area contributed by atoms with Crippen molar-refractivity contribution < 1.29 is 32.6 Å².